The third kappa shape index (κ3) is 6.16. The monoisotopic (exact) mass is 416 g/mol. The first kappa shape index (κ1) is 18.7. The normalized spacial score (nSPS) is 29.9. The Morgan fingerprint density at radius 3 is 1.25 bits per heavy atom. The third-order valence-electron chi connectivity index (χ3n) is 1.11. The van der Waals surface area contributed by atoms with E-state index in [4.69, 9.17) is 0 Å². The van der Waals surface area contributed by atoms with Crippen LogP contribution in [0.3, 0.4) is 0 Å². The summed E-state index contributed by atoms with van der Waals surface area (Å²) in [7, 11) is -33.8. The molecule has 20 heavy (non-hydrogen) atoms. The van der Waals surface area contributed by atoms with E-state index in [-0.39, 0.29) is 4.86 Å². The largest absolute Gasteiger partial charge is 0.640 e. The van der Waals surface area contributed by atoms with Gasteiger partial charge in [0.15, 0.2) is 0 Å². The van der Waals surface area contributed by atoms with Crippen LogP contribution in [0.15, 0.2) is 18.1 Å². The Bertz CT molecular complexity index is 554. The molecule has 0 fully saturated rings. The molecule has 1 heterocycles. The molecule has 5 nitrogen and oxygen atoms in total. The number of halogens is 10. The van der Waals surface area contributed by atoms with Crippen LogP contribution in [0.2, 0.25) is 0 Å². The number of rotatable bonds is 0. The molecule has 0 aromatic carbocycles. The zero-order valence-electron chi connectivity index (χ0n) is 8.30. The number of nitrogens with zero attached hydrogens (tertiary/aromatic N) is 4. The first-order valence-corrected chi connectivity index (χ1v) is 11.2. The summed E-state index contributed by atoms with van der Waals surface area (Å²) in [5.41, 5.74) is 0. The van der Waals surface area contributed by atoms with Crippen molar-refractivity contribution in [1.82, 2.24) is 4.86 Å². The minimum absolute atomic E-state index is 0.0939. The lowest BCUT2D eigenvalue weighted by Crippen LogP contribution is -1.94. The average Bonchev–Trinajstić information content (AvgIpc) is 1.84. The summed E-state index contributed by atoms with van der Waals surface area (Å²) in [4.78, 5) is -0.0939. The van der Waals surface area contributed by atoms with E-state index in [9.17, 15) is 42.0 Å². The lowest BCUT2D eigenvalue weighted by molar-refractivity contribution is 0.662. The fourth-order valence-electron chi connectivity index (χ4n) is 0.768. The standard InChI is InChI=1S/F10HN5P5/c1-16(2)11-17(3,4)13-19(7,8)15-20(9,10)14-18(5,6)12-16/h11H/q+1. The second-order valence-corrected chi connectivity index (χ2v) is 11.1. The molecule has 120 valence electrons. The first-order chi connectivity index (χ1) is 8.54. The van der Waals surface area contributed by atoms with E-state index in [2.05, 4.69) is 0 Å². The Labute approximate surface area is 105 Å². The van der Waals surface area contributed by atoms with E-state index in [1.807, 2.05) is 0 Å². The van der Waals surface area contributed by atoms with Gasteiger partial charge in [0, 0.05) is 17.4 Å². The van der Waals surface area contributed by atoms with Crippen molar-refractivity contribution in [3.05, 3.63) is 0 Å². The predicted octanol–water partition coefficient (Wildman–Crippen LogP) is 8.75. The topological polar surface area (TPSA) is 61.5 Å². The molecule has 0 radical (unpaired) electrons. The maximum atomic E-state index is 12.8. The van der Waals surface area contributed by atoms with Gasteiger partial charge in [0.2, 0.25) is 0 Å². The highest BCUT2D eigenvalue weighted by molar-refractivity contribution is 7.81. The van der Waals surface area contributed by atoms with Crippen molar-refractivity contribution in [3.63, 3.8) is 0 Å². The molecule has 0 amide bonds. The van der Waals surface area contributed by atoms with Crippen LogP contribution in [0.25, 0.3) is 0 Å². The Kier molecular flexibility index (Phi) is 5.00. The second-order valence-electron chi connectivity index (χ2n) is 2.79. The minimum Gasteiger partial charge on any atom is -0.156 e. The molecule has 0 atom stereocenters. The van der Waals surface area contributed by atoms with Gasteiger partial charge in [-0.25, -0.2) is 0 Å². The van der Waals surface area contributed by atoms with Crippen molar-refractivity contribution in [2.75, 3.05) is 0 Å². The molecule has 1 aliphatic rings. The zero-order valence-corrected chi connectivity index (χ0v) is 12.8. The number of hydrogen-bond acceptors (Lipinski definition) is 5. The van der Waals surface area contributed by atoms with E-state index in [0.717, 1.165) is 0 Å². The van der Waals surface area contributed by atoms with Gasteiger partial charge in [0.1, 0.15) is 0 Å². The molecule has 1 rings (SSSR count). The SMILES string of the molecule is FP1(F)=N[P+](F)(F)N=P(F)(F)N=P(F)(F)NP(F)(F)=N1. The van der Waals surface area contributed by atoms with Gasteiger partial charge in [-0.2, -0.15) is 16.8 Å². The maximum Gasteiger partial charge on any atom is 0.640 e. The molecule has 0 saturated heterocycles. The summed E-state index contributed by atoms with van der Waals surface area (Å²) in [5, 5.41) is 0. The molecule has 20 heteroatoms. The van der Waals surface area contributed by atoms with Crippen LogP contribution in [-0.4, -0.2) is 0 Å². The van der Waals surface area contributed by atoms with Crippen LogP contribution < -0.4 is 4.86 Å². The Balaban J connectivity index is 3.74. The van der Waals surface area contributed by atoms with E-state index < -0.39 is 39.5 Å². The van der Waals surface area contributed by atoms with Crippen molar-refractivity contribution < 1.29 is 42.0 Å². The maximum absolute atomic E-state index is 12.8. The van der Waals surface area contributed by atoms with Gasteiger partial charge in [0.05, 0.1) is 0 Å². The van der Waals surface area contributed by atoms with E-state index >= 15 is 0 Å². The van der Waals surface area contributed by atoms with Gasteiger partial charge in [-0.15, -0.1) is 30.7 Å². The highest BCUT2D eigenvalue weighted by Crippen LogP contribution is 2.84. The molecule has 0 bridgehead atoms. The highest BCUT2D eigenvalue weighted by Gasteiger charge is 2.54. The summed E-state index contributed by atoms with van der Waals surface area (Å²) in [5.74, 6) is 0. The fraction of sp³-hybridized carbons (Fsp3) is 0. The summed E-state index contributed by atoms with van der Waals surface area (Å²) >= 11 is 0. The molecule has 0 aliphatic carbocycles. The Morgan fingerprint density at radius 2 is 0.950 bits per heavy atom. The lowest BCUT2D eigenvalue weighted by Gasteiger charge is -2.11. The van der Waals surface area contributed by atoms with Crippen molar-refractivity contribution in [3.8, 4) is 0 Å². The van der Waals surface area contributed by atoms with E-state index in [0.29, 0.717) is 0 Å². The average molecular weight is 416 g/mol. The predicted molar refractivity (Wildman–Crippen MR) is 58.5 cm³/mol. The Hall–Kier alpha value is 0.610. The van der Waals surface area contributed by atoms with Crippen LogP contribution in [-0.2, 0) is 0 Å². The quantitative estimate of drug-likeness (QED) is 0.312. The molecule has 0 aromatic rings. The molecule has 0 aromatic heterocycles. The van der Waals surface area contributed by atoms with Crippen LogP contribution in [0.5, 0.6) is 0 Å². The lowest BCUT2D eigenvalue weighted by atomic mass is 13.8. The van der Waals surface area contributed by atoms with Crippen LogP contribution >= 0.6 is 39.5 Å². The summed E-state index contributed by atoms with van der Waals surface area (Å²) in [6, 6.07) is 0. The molecule has 1 aliphatic heterocycles. The van der Waals surface area contributed by atoms with Gasteiger partial charge in [-0.05, 0) is 0 Å². The van der Waals surface area contributed by atoms with Gasteiger partial charge in [0.25, 0.3) is 0 Å². The summed E-state index contributed by atoms with van der Waals surface area (Å²) in [6.07, 6.45) is 0. The van der Waals surface area contributed by atoms with E-state index in [1.165, 1.54) is 18.1 Å². The smallest absolute Gasteiger partial charge is 0.156 e. The highest BCUT2D eigenvalue weighted by atomic mass is 31.3. The van der Waals surface area contributed by atoms with Crippen molar-refractivity contribution in [2.45, 2.75) is 0 Å². The van der Waals surface area contributed by atoms with E-state index in [1.54, 1.807) is 0 Å². The summed E-state index contributed by atoms with van der Waals surface area (Å²) in [6.45, 7) is 0. The molecular formula is HF10N5P5+. The summed E-state index contributed by atoms with van der Waals surface area (Å²) < 4.78 is 132. The minimum atomic E-state index is -6.81. The Morgan fingerprint density at radius 1 is 0.650 bits per heavy atom. The molecular weight excluding hydrogens is 415 g/mol. The van der Waals surface area contributed by atoms with Crippen LogP contribution in [0.4, 0.5) is 42.0 Å². The van der Waals surface area contributed by atoms with Crippen molar-refractivity contribution >= 4 is 39.5 Å². The second kappa shape index (κ2) is 5.36. The van der Waals surface area contributed by atoms with Gasteiger partial charge < -0.3 is 0 Å². The fourth-order valence-corrected chi connectivity index (χ4v) is 8.60. The van der Waals surface area contributed by atoms with Crippen molar-refractivity contribution in [2.24, 2.45) is 18.1 Å². The zero-order chi connectivity index (χ0) is 16.0. The molecule has 0 spiro atoms. The third-order valence-corrected chi connectivity index (χ3v) is 10.00. The number of nitrogens with one attached hydrogen (secondary N) is 1. The van der Waals surface area contributed by atoms with Gasteiger partial charge in [-0.1, -0.05) is 0 Å². The molecule has 0 saturated carbocycles. The number of hydrogen-bond donors (Lipinski definition) is 1. The van der Waals surface area contributed by atoms with Crippen molar-refractivity contribution in [1.29, 1.82) is 0 Å². The first-order valence-electron chi connectivity index (χ1n) is 3.74. The van der Waals surface area contributed by atoms with Gasteiger partial charge >= 0.3 is 39.5 Å². The van der Waals surface area contributed by atoms with Crippen LogP contribution in [0.1, 0.15) is 0 Å². The molecule has 1 N–H and O–H groups in total. The molecule has 0 unspecified atom stereocenters. The van der Waals surface area contributed by atoms with Crippen LogP contribution in [0, 0.1) is 0 Å². The van der Waals surface area contributed by atoms with Gasteiger partial charge in [-0.3, -0.25) is 0 Å².